The number of halogens is 3. The second kappa shape index (κ2) is 8.65. The SMILES string of the molecule is CCCC(=O)c1c(C)c(Cl)cc(C(O)OS(C)(=O)=O)c1-c1cc(F)cc(F)c1. The minimum Gasteiger partial charge on any atom is -0.363 e. The maximum Gasteiger partial charge on any atom is 0.267 e. The van der Waals surface area contributed by atoms with Crippen molar-refractivity contribution in [3.8, 4) is 11.1 Å². The molecule has 152 valence electrons. The summed E-state index contributed by atoms with van der Waals surface area (Å²) in [5.74, 6) is -2.17. The number of aliphatic hydroxyl groups excluding tert-OH is 1. The van der Waals surface area contributed by atoms with Crippen LogP contribution in [-0.4, -0.2) is 25.6 Å². The number of hydrogen-bond donors (Lipinski definition) is 1. The number of rotatable bonds is 7. The zero-order valence-electron chi connectivity index (χ0n) is 15.4. The van der Waals surface area contributed by atoms with E-state index in [-0.39, 0.29) is 39.5 Å². The Bertz CT molecular complexity index is 1000. The first-order valence-electron chi connectivity index (χ1n) is 8.33. The molecule has 0 aliphatic heterocycles. The maximum atomic E-state index is 13.8. The van der Waals surface area contributed by atoms with E-state index in [1.54, 1.807) is 13.8 Å². The smallest absolute Gasteiger partial charge is 0.267 e. The minimum absolute atomic E-state index is 0.0325. The third-order valence-electron chi connectivity index (χ3n) is 3.99. The number of Topliss-reactive ketones (excluding diaryl/α,β-unsaturated/α-hetero) is 1. The fraction of sp³-hybridized carbons (Fsp3) is 0.316. The molecule has 2 rings (SSSR count). The minimum atomic E-state index is -4.08. The molecule has 0 aliphatic rings. The first-order chi connectivity index (χ1) is 12.9. The van der Waals surface area contributed by atoms with E-state index in [0.717, 1.165) is 18.4 Å². The van der Waals surface area contributed by atoms with Gasteiger partial charge in [0.2, 0.25) is 0 Å². The number of hydrogen-bond acceptors (Lipinski definition) is 5. The van der Waals surface area contributed by atoms with Gasteiger partial charge in [-0.15, -0.1) is 0 Å². The summed E-state index contributed by atoms with van der Waals surface area (Å²) in [7, 11) is -4.08. The number of aliphatic hydroxyl groups is 1. The predicted molar refractivity (Wildman–Crippen MR) is 102 cm³/mol. The van der Waals surface area contributed by atoms with E-state index >= 15 is 0 Å². The van der Waals surface area contributed by atoms with Crippen molar-refractivity contribution in [3.63, 3.8) is 0 Å². The molecule has 0 aromatic heterocycles. The van der Waals surface area contributed by atoms with Gasteiger partial charge in [-0.1, -0.05) is 18.5 Å². The fourth-order valence-electron chi connectivity index (χ4n) is 2.89. The quantitative estimate of drug-likeness (QED) is 0.394. The van der Waals surface area contributed by atoms with Crippen LogP contribution in [0.2, 0.25) is 5.02 Å². The van der Waals surface area contributed by atoms with Crippen molar-refractivity contribution in [2.45, 2.75) is 33.0 Å². The lowest BCUT2D eigenvalue weighted by atomic mass is 9.87. The van der Waals surface area contributed by atoms with Crippen LogP contribution >= 0.6 is 11.6 Å². The van der Waals surface area contributed by atoms with Gasteiger partial charge < -0.3 is 5.11 Å². The molecular formula is C19H19ClF2O5S. The van der Waals surface area contributed by atoms with E-state index in [0.29, 0.717) is 18.1 Å². The van der Waals surface area contributed by atoms with Crippen LogP contribution < -0.4 is 0 Å². The van der Waals surface area contributed by atoms with Crippen LogP contribution in [0.1, 0.15) is 47.5 Å². The average Bonchev–Trinajstić information content (AvgIpc) is 2.54. The van der Waals surface area contributed by atoms with Crippen molar-refractivity contribution < 1.29 is 31.3 Å². The third kappa shape index (κ3) is 5.14. The van der Waals surface area contributed by atoms with Crippen LogP contribution in [0.4, 0.5) is 8.78 Å². The van der Waals surface area contributed by atoms with Crippen molar-refractivity contribution in [1.29, 1.82) is 0 Å². The Labute approximate surface area is 167 Å². The lowest BCUT2D eigenvalue weighted by Crippen LogP contribution is -2.14. The number of carbonyl (C=O) groups is 1. The van der Waals surface area contributed by atoms with Crippen LogP contribution in [0.15, 0.2) is 24.3 Å². The second-order valence-corrected chi connectivity index (χ2v) is 8.31. The summed E-state index contributed by atoms with van der Waals surface area (Å²) in [6, 6.07) is 3.83. The molecule has 0 bridgehead atoms. The third-order valence-corrected chi connectivity index (χ3v) is 4.92. The van der Waals surface area contributed by atoms with E-state index in [9.17, 15) is 27.1 Å². The molecule has 0 spiro atoms. The van der Waals surface area contributed by atoms with Crippen molar-refractivity contribution >= 4 is 27.5 Å². The molecule has 0 aliphatic carbocycles. The molecule has 28 heavy (non-hydrogen) atoms. The zero-order valence-corrected chi connectivity index (χ0v) is 17.0. The van der Waals surface area contributed by atoms with Crippen LogP contribution in [-0.2, 0) is 14.3 Å². The topological polar surface area (TPSA) is 80.7 Å². The van der Waals surface area contributed by atoms with Crippen molar-refractivity contribution in [2.75, 3.05) is 6.26 Å². The lowest BCUT2D eigenvalue weighted by Gasteiger charge is -2.21. The molecular weight excluding hydrogens is 414 g/mol. The van der Waals surface area contributed by atoms with Crippen molar-refractivity contribution in [2.24, 2.45) is 0 Å². The van der Waals surface area contributed by atoms with Crippen molar-refractivity contribution in [3.05, 3.63) is 57.6 Å². The Hall–Kier alpha value is -1.87. The highest BCUT2D eigenvalue weighted by molar-refractivity contribution is 7.85. The molecule has 1 atom stereocenters. The van der Waals surface area contributed by atoms with E-state index in [2.05, 4.69) is 4.18 Å². The molecule has 0 heterocycles. The Kier molecular flexibility index (Phi) is 6.93. The summed E-state index contributed by atoms with van der Waals surface area (Å²) < 4.78 is 55.2. The lowest BCUT2D eigenvalue weighted by molar-refractivity contribution is -0.0126. The molecule has 1 unspecified atom stereocenters. The molecule has 0 saturated carbocycles. The maximum absolute atomic E-state index is 13.8. The highest BCUT2D eigenvalue weighted by Crippen LogP contribution is 2.39. The molecule has 0 radical (unpaired) electrons. The van der Waals surface area contributed by atoms with Gasteiger partial charge in [-0.05, 0) is 42.7 Å². The summed E-state index contributed by atoms with van der Waals surface area (Å²) in [4.78, 5) is 12.8. The molecule has 5 nitrogen and oxygen atoms in total. The highest BCUT2D eigenvalue weighted by atomic mass is 35.5. The molecule has 2 aromatic carbocycles. The monoisotopic (exact) mass is 432 g/mol. The number of ketones is 1. The largest absolute Gasteiger partial charge is 0.363 e. The van der Waals surface area contributed by atoms with Gasteiger partial charge in [0, 0.05) is 34.2 Å². The number of benzene rings is 2. The van der Waals surface area contributed by atoms with E-state index in [4.69, 9.17) is 11.6 Å². The van der Waals surface area contributed by atoms with Gasteiger partial charge in [-0.3, -0.25) is 4.79 Å². The predicted octanol–water partition coefficient (Wildman–Crippen LogP) is 4.54. The average molecular weight is 433 g/mol. The standard InChI is InChI=1S/C19H19ClF2O5S/c1-4-5-16(23)17-10(2)15(20)9-14(19(24)27-28(3,25)26)18(17)11-6-12(21)8-13(22)7-11/h6-9,19,24H,4-5H2,1-3H3. The van der Waals surface area contributed by atoms with E-state index < -0.39 is 28.0 Å². The normalized spacial score (nSPS) is 12.8. The summed E-state index contributed by atoms with van der Waals surface area (Å²) in [5, 5.41) is 10.4. The highest BCUT2D eigenvalue weighted by Gasteiger charge is 2.27. The molecule has 0 fully saturated rings. The van der Waals surface area contributed by atoms with E-state index in [1.165, 1.54) is 6.07 Å². The van der Waals surface area contributed by atoms with Crippen LogP contribution in [0, 0.1) is 18.6 Å². The molecule has 9 heteroatoms. The summed E-state index contributed by atoms with van der Waals surface area (Å²) in [5.41, 5.74) is 0.115. The van der Waals surface area contributed by atoms with Gasteiger partial charge in [0.25, 0.3) is 10.1 Å². The second-order valence-electron chi connectivity index (χ2n) is 6.31. The summed E-state index contributed by atoms with van der Waals surface area (Å²) in [6.07, 6.45) is -0.674. The summed E-state index contributed by atoms with van der Waals surface area (Å²) in [6.45, 7) is 3.33. The zero-order chi connectivity index (χ0) is 21.2. The van der Waals surface area contributed by atoms with Crippen molar-refractivity contribution in [1.82, 2.24) is 0 Å². The van der Waals surface area contributed by atoms with Gasteiger partial charge in [0.15, 0.2) is 12.1 Å². The van der Waals surface area contributed by atoms with Crippen LogP contribution in [0.3, 0.4) is 0 Å². The molecule has 0 saturated heterocycles. The van der Waals surface area contributed by atoms with Gasteiger partial charge in [-0.25, -0.2) is 13.0 Å². The molecule has 0 amide bonds. The summed E-state index contributed by atoms with van der Waals surface area (Å²) >= 11 is 6.18. The van der Waals surface area contributed by atoms with Gasteiger partial charge in [0.05, 0.1) is 6.26 Å². The van der Waals surface area contributed by atoms with Crippen LogP contribution in [0.5, 0.6) is 0 Å². The van der Waals surface area contributed by atoms with Gasteiger partial charge >= 0.3 is 0 Å². The van der Waals surface area contributed by atoms with Gasteiger partial charge in [0.1, 0.15) is 11.6 Å². The van der Waals surface area contributed by atoms with Crippen LogP contribution in [0.25, 0.3) is 11.1 Å². The first kappa shape index (κ1) is 22.4. The first-order valence-corrected chi connectivity index (χ1v) is 10.5. The Morgan fingerprint density at radius 3 is 2.29 bits per heavy atom. The molecule has 1 N–H and O–H groups in total. The number of carbonyl (C=O) groups excluding carboxylic acids is 1. The Morgan fingerprint density at radius 1 is 1.21 bits per heavy atom. The Balaban J connectivity index is 2.89. The molecule has 2 aromatic rings. The fourth-order valence-corrected chi connectivity index (χ4v) is 3.54. The van der Waals surface area contributed by atoms with E-state index in [1.807, 2.05) is 0 Å². The van der Waals surface area contributed by atoms with Gasteiger partial charge in [-0.2, -0.15) is 8.42 Å². The Morgan fingerprint density at radius 2 is 1.79 bits per heavy atom.